The Bertz CT molecular complexity index is 772. The first kappa shape index (κ1) is 12.9. The molecule has 2 heterocycles. The first-order valence-electron chi connectivity index (χ1n) is 6.49. The first-order valence-corrected chi connectivity index (χ1v) is 7.37. The van der Waals surface area contributed by atoms with E-state index in [9.17, 15) is 4.79 Å². The summed E-state index contributed by atoms with van der Waals surface area (Å²) in [4.78, 5) is 16.2. The number of thiazole rings is 1. The van der Waals surface area contributed by atoms with Crippen molar-refractivity contribution in [2.24, 2.45) is 7.05 Å². The van der Waals surface area contributed by atoms with Gasteiger partial charge in [-0.1, -0.05) is 18.2 Å². The number of fused-ring (bicyclic) bond motifs is 1. The highest BCUT2D eigenvalue weighted by Gasteiger charge is 2.14. The van der Waals surface area contributed by atoms with Crippen molar-refractivity contribution in [1.29, 1.82) is 0 Å². The quantitative estimate of drug-likeness (QED) is 0.804. The lowest BCUT2D eigenvalue weighted by molar-refractivity contribution is 0.0951. The summed E-state index contributed by atoms with van der Waals surface area (Å²) >= 11 is 1.49. The van der Waals surface area contributed by atoms with E-state index in [-0.39, 0.29) is 5.91 Å². The number of carbonyl (C=O) groups is 1. The van der Waals surface area contributed by atoms with Crippen LogP contribution in [-0.2, 0) is 7.05 Å². The number of nitrogens with one attached hydrogen (secondary N) is 1. The molecule has 0 aliphatic rings. The predicted octanol–water partition coefficient (Wildman–Crippen LogP) is 3.05. The third-order valence-corrected chi connectivity index (χ3v) is 4.11. The number of benzene rings is 1. The summed E-state index contributed by atoms with van der Waals surface area (Å²) in [6.07, 6.45) is 0. The molecule has 2 aromatic heterocycles. The van der Waals surface area contributed by atoms with E-state index >= 15 is 0 Å². The normalized spacial score (nSPS) is 10.9. The van der Waals surface area contributed by atoms with E-state index in [1.54, 1.807) is 5.38 Å². The number of rotatable bonds is 3. The van der Waals surface area contributed by atoms with Gasteiger partial charge in [0, 0.05) is 29.9 Å². The number of hydrogen-bond acceptors (Lipinski definition) is 3. The van der Waals surface area contributed by atoms with Gasteiger partial charge in [-0.15, -0.1) is 11.3 Å². The molecule has 0 radical (unpaired) electrons. The number of para-hydroxylation sites is 1. The van der Waals surface area contributed by atoms with Crippen LogP contribution in [0.25, 0.3) is 21.6 Å². The Kier molecular flexibility index (Phi) is 3.28. The second-order valence-electron chi connectivity index (χ2n) is 4.54. The van der Waals surface area contributed by atoms with E-state index < -0.39 is 0 Å². The van der Waals surface area contributed by atoms with Gasteiger partial charge in [0.1, 0.15) is 10.7 Å². The zero-order chi connectivity index (χ0) is 14.1. The third kappa shape index (κ3) is 2.10. The molecule has 3 rings (SSSR count). The van der Waals surface area contributed by atoms with Crippen LogP contribution >= 0.6 is 11.3 Å². The molecule has 102 valence electrons. The average Bonchev–Trinajstić information content (AvgIpc) is 3.05. The first-order chi connectivity index (χ1) is 9.70. The van der Waals surface area contributed by atoms with Crippen molar-refractivity contribution in [3.63, 3.8) is 0 Å². The lowest BCUT2D eigenvalue weighted by atomic mass is 10.2. The maximum Gasteiger partial charge on any atom is 0.270 e. The van der Waals surface area contributed by atoms with Crippen LogP contribution in [0, 0.1) is 0 Å². The molecule has 0 saturated heterocycles. The minimum atomic E-state index is -0.117. The van der Waals surface area contributed by atoms with Gasteiger partial charge in [-0.05, 0) is 19.1 Å². The van der Waals surface area contributed by atoms with Crippen molar-refractivity contribution in [3.8, 4) is 10.7 Å². The Balaban J connectivity index is 2.03. The predicted molar refractivity (Wildman–Crippen MR) is 82.0 cm³/mol. The van der Waals surface area contributed by atoms with Gasteiger partial charge in [0.15, 0.2) is 0 Å². The molecular weight excluding hydrogens is 270 g/mol. The average molecular weight is 285 g/mol. The van der Waals surface area contributed by atoms with Crippen LogP contribution in [0.15, 0.2) is 35.7 Å². The molecule has 0 bridgehead atoms. The summed E-state index contributed by atoms with van der Waals surface area (Å²) in [6, 6.07) is 10.3. The van der Waals surface area contributed by atoms with Gasteiger partial charge in [0.25, 0.3) is 5.91 Å². The van der Waals surface area contributed by atoms with Crippen molar-refractivity contribution < 1.29 is 4.79 Å². The van der Waals surface area contributed by atoms with Crippen LogP contribution in [0.5, 0.6) is 0 Å². The van der Waals surface area contributed by atoms with Crippen molar-refractivity contribution in [3.05, 3.63) is 41.4 Å². The molecule has 0 saturated carbocycles. The second kappa shape index (κ2) is 5.09. The van der Waals surface area contributed by atoms with Crippen LogP contribution in [0.4, 0.5) is 0 Å². The van der Waals surface area contributed by atoms with Crippen LogP contribution < -0.4 is 5.32 Å². The Hall–Kier alpha value is -2.14. The van der Waals surface area contributed by atoms with E-state index in [2.05, 4.69) is 33.1 Å². The fourth-order valence-electron chi connectivity index (χ4n) is 2.24. The van der Waals surface area contributed by atoms with E-state index in [1.807, 2.05) is 26.1 Å². The number of hydrogen-bond donors (Lipinski definition) is 1. The molecule has 1 aromatic carbocycles. The minimum Gasteiger partial charge on any atom is -0.351 e. The lowest BCUT2D eigenvalue weighted by Crippen LogP contribution is -2.22. The molecule has 5 heteroatoms. The highest BCUT2D eigenvalue weighted by atomic mass is 32.1. The molecule has 3 aromatic rings. The summed E-state index contributed by atoms with van der Waals surface area (Å²) in [5.41, 5.74) is 2.68. The topological polar surface area (TPSA) is 46.9 Å². The fourth-order valence-corrected chi connectivity index (χ4v) is 3.09. The summed E-state index contributed by atoms with van der Waals surface area (Å²) in [5.74, 6) is -0.117. The summed E-state index contributed by atoms with van der Waals surface area (Å²) < 4.78 is 2.11. The van der Waals surface area contributed by atoms with Crippen LogP contribution in [-0.4, -0.2) is 22.0 Å². The molecule has 4 nitrogen and oxygen atoms in total. The van der Waals surface area contributed by atoms with E-state index in [4.69, 9.17) is 0 Å². The summed E-state index contributed by atoms with van der Waals surface area (Å²) in [5, 5.41) is 6.62. The number of amides is 1. The molecule has 0 atom stereocenters. The maximum atomic E-state index is 11.8. The zero-order valence-electron chi connectivity index (χ0n) is 11.4. The third-order valence-electron chi connectivity index (χ3n) is 3.24. The van der Waals surface area contributed by atoms with Crippen LogP contribution in [0.3, 0.4) is 0 Å². The van der Waals surface area contributed by atoms with E-state index in [0.717, 1.165) is 16.2 Å². The van der Waals surface area contributed by atoms with Gasteiger partial charge in [0.2, 0.25) is 0 Å². The highest BCUT2D eigenvalue weighted by molar-refractivity contribution is 7.13. The molecule has 0 fully saturated rings. The Labute approximate surface area is 121 Å². The molecule has 1 N–H and O–H groups in total. The van der Waals surface area contributed by atoms with Crippen molar-refractivity contribution in [2.75, 3.05) is 6.54 Å². The van der Waals surface area contributed by atoms with Gasteiger partial charge < -0.3 is 9.88 Å². The molecule has 0 aliphatic carbocycles. The lowest BCUT2D eigenvalue weighted by Gasteiger charge is -2.00. The number of aromatic nitrogens is 2. The summed E-state index contributed by atoms with van der Waals surface area (Å²) in [7, 11) is 2.02. The maximum absolute atomic E-state index is 11.8. The summed E-state index contributed by atoms with van der Waals surface area (Å²) in [6.45, 7) is 2.51. The molecule has 0 spiro atoms. The molecule has 0 unspecified atom stereocenters. The second-order valence-corrected chi connectivity index (χ2v) is 5.40. The SMILES string of the molecule is CCNC(=O)c1csc(-c2cc3ccccc3n2C)n1. The Morgan fingerprint density at radius 2 is 2.20 bits per heavy atom. The Morgan fingerprint density at radius 1 is 1.40 bits per heavy atom. The van der Waals surface area contributed by atoms with Crippen LogP contribution in [0.2, 0.25) is 0 Å². The fraction of sp³-hybridized carbons (Fsp3) is 0.200. The van der Waals surface area contributed by atoms with Gasteiger partial charge in [-0.3, -0.25) is 4.79 Å². The smallest absolute Gasteiger partial charge is 0.270 e. The zero-order valence-corrected chi connectivity index (χ0v) is 12.2. The Morgan fingerprint density at radius 3 is 2.95 bits per heavy atom. The van der Waals surface area contributed by atoms with Crippen molar-refractivity contribution in [2.45, 2.75) is 6.92 Å². The van der Waals surface area contributed by atoms with Gasteiger partial charge in [-0.2, -0.15) is 0 Å². The van der Waals surface area contributed by atoms with Gasteiger partial charge in [-0.25, -0.2) is 4.98 Å². The monoisotopic (exact) mass is 285 g/mol. The van der Waals surface area contributed by atoms with Gasteiger partial charge >= 0.3 is 0 Å². The molecule has 1 amide bonds. The number of aryl methyl sites for hydroxylation is 1. The van der Waals surface area contributed by atoms with Crippen LogP contribution in [0.1, 0.15) is 17.4 Å². The molecule has 20 heavy (non-hydrogen) atoms. The van der Waals surface area contributed by atoms with Gasteiger partial charge in [0.05, 0.1) is 5.69 Å². The molecular formula is C15H15N3OS. The largest absolute Gasteiger partial charge is 0.351 e. The highest BCUT2D eigenvalue weighted by Crippen LogP contribution is 2.29. The number of carbonyl (C=O) groups excluding carboxylic acids is 1. The standard InChI is InChI=1S/C15H15N3OS/c1-3-16-14(19)11-9-20-15(17-11)13-8-10-6-4-5-7-12(10)18(13)2/h4-9H,3H2,1-2H3,(H,16,19). The van der Waals surface area contributed by atoms with Crippen molar-refractivity contribution in [1.82, 2.24) is 14.9 Å². The van der Waals surface area contributed by atoms with E-state index in [0.29, 0.717) is 12.2 Å². The minimum absolute atomic E-state index is 0.117. The number of nitrogens with zero attached hydrogens (tertiary/aromatic N) is 2. The van der Waals surface area contributed by atoms with E-state index in [1.165, 1.54) is 16.7 Å². The molecule has 0 aliphatic heterocycles. The van der Waals surface area contributed by atoms with Crippen molar-refractivity contribution >= 4 is 28.1 Å².